The van der Waals surface area contributed by atoms with E-state index < -0.39 is 0 Å². The Labute approximate surface area is 126 Å². The first-order chi connectivity index (χ1) is 10.7. The fraction of sp³-hybridized carbons (Fsp3) is 0.176. The quantitative estimate of drug-likeness (QED) is 0.807. The van der Waals surface area contributed by atoms with E-state index in [0.29, 0.717) is 12.0 Å². The van der Waals surface area contributed by atoms with Gasteiger partial charge in [-0.05, 0) is 36.1 Å². The minimum Gasteiger partial charge on any atom is -0.273 e. The first-order valence-corrected chi connectivity index (χ1v) is 7.21. The Bertz CT molecular complexity index is 858. The number of amides is 1. The number of hydrogen-bond acceptors (Lipinski definition) is 2. The Morgan fingerprint density at radius 1 is 1.18 bits per heavy atom. The summed E-state index contributed by atoms with van der Waals surface area (Å²) >= 11 is 0. The first-order valence-electron chi connectivity index (χ1n) is 7.21. The first kappa shape index (κ1) is 13.0. The van der Waals surface area contributed by atoms with E-state index in [1.165, 1.54) is 6.07 Å². The van der Waals surface area contributed by atoms with Crippen LogP contribution >= 0.6 is 0 Å². The largest absolute Gasteiger partial charge is 0.273 e. The molecule has 4 rings (SSSR count). The molecule has 1 aliphatic rings. The molecule has 1 saturated carbocycles. The summed E-state index contributed by atoms with van der Waals surface area (Å²) in [7, 11) is 0. The van der Waals surface area contributed by atoms with Crippen molar-refractivity contribution in [2.24, 2.45) is 5.92 Å². The second-order valence-corrected chi connectivity index (χ2v) is 5.55. The Balaban J connectivity index is 1.51. The molecule has 1 aliphatic carbocycles. The van der Waals surface area contributed by atoms with Crippen LogP contribution in [0.25, 0.3) is 11.0 Å². The van der Waals surface area contributed by atoms with Crippen LogP contribution in [-0.2, 0) is 4.79 Å². The number of imidazole rings is 1. The van der Waals surface area contributed by atoms with Gasteiger partial charge in [0.1, 0.15) is 12.1 Å². The van der Waals surface area contributed by atoms with Crippen LogP contribution in [0.1, 0.15) is 17.9 Å². The lowest BCUT2D eigenvalue weighted by molar-refractivity contribution is -0.118. The van der Waals surface area contributed by atoms with Crippen LogP contribution in [0.3, 0.4) is 0 Å². The average molecular weight is 295 g/mol. The number of nitrogens with one attached hydrogen (secondary N) is 1. The summed E-state index contributed by atoms with van der Waals surface area (Å²) in [6.07, 6.45) is 2.27. The molecule has 2 aromatic carbocycles. The molecule has 110 valence electrons. The lowest BCUT2D eigenvalue weighted by Gasteiger charge is -2.07. The third-order valence-corrected chi connectivity index (χ3v) is 4.12. The molecule has 1 heterocycles. The SMILES string of the molecule is O=C(Nn1cnc2ccccc21)[C@@H]1C[C@@H]1c1ccccc1F. The molecule has 0 aliphatic heterocycles. The zero-order chi connectivity index (χ0) is 15.1. The third-order valence-electron chi connectivity index (χ3n) is 4.12. The number of aromatic nitrogens is 2. The summed E-state index contributed by atoms with van der Waals surface area (Å²) < 4.78 is 15.4. The number of fused-ring (bicyclic) bond motifs is 1. The molecule has 0 spiro atoms. The number of rotatable bonds is 3. The van der Waals surface area contributed by atoms with Crippen molar-refractivity contribution in [1.82, 2.24) is 9.66 Å². The molecule has 0 bridgehead atoms. The van der Waals surface area contributed by atoms with Gasteiger partial charge in [0.25, 0.3) is 0 Å². The van der Waals surface area contributed by atoms with E-state index in [2.05, 4.69) is 10.4 Å². The van der Waals surface area contributed by atoms with Crippen molar-refractivity contribution in [2.75, 3.05) is 5.43 Å². The maximum absolute atomic E-state index is 13.8. The van der Waals surface area contributed by atoms with Crippen LogP contribution in [0, 0.1) is 11.7 Å². The molecule has 0 radical (unpaired) electrons. The predicted octanol–water partition coefficient (Wildman–Crippen LogP) is 3.05. The third kappa shape index (κ3) is 2.15. The van der Waals surface area contributed by atoms with Gasteiger partial charge < -0.3 is 0 Å². The highest BCUT2D eigenvalue weighted by Gasteiger charge is 2.45. The summed E-state index contributed by atoms with van der Waals surface area (Å²) in [6.45, 7) is 0. The molecule has 1 amide bonds. The fourth-order valence-electron chi connectivity index (χ4n) is 2.85. The van der Waals surface area contributed by atoms with E-state index >= 15 is 0 Å². The van der Waals surface area contributed by atoms with Crippen molar-refractivity contribution in [1.29, 1.82) is 0 Å². The Morgan fingerprint density at radius 2 is 1.95 bits per heavy atom. The number of halogens is 1. The molecule has 0 unspecified atom stereocenters. The second-order valence-electron chi connectivity index (χ2n) is 5.55. The topological polar surface area (TPSA) is 46.9 Å². The standard InChI is InChI=1S/C17H14FN3O/c18-14-6-2-1-5-11(14)12-9-13(12)17(22)20-21-10-19-15-7-3-4-8-16(15)21/h1-8,10,12-13H,9H2,(H,20,22)/t12-,13-/m1/s1. The number of benzene rings is 2. The highest BCUT2D eigenvalue weighted by molar-refractivity contribution is 5.91. The van der Waals surface area contributed by atoms with Gasteiger partial charge in [0.15, 0.2) is 0 Å². The highest BCUT2D eigenvalue weighted by Crippen LogP contribution is 2.48. The summed E-state index contributed by atoms with van der Waals surface area (Å²) in [5.74, 6) is -0.554. The monoisotopic (exact) mass is 295 g/mol. The molecular formula is C17H14FN3O. The lowest BCUT2D eigenvalue weighted by atomic mass is 10.1. The lowest BCUT2D eigenvalue weighted by Crippen LogP contribution is -2.24. The van der Waals surface area contributed by atoms with Crippen molar-refractivity contribution < 1.29 is 9.18 Å². The fourth-order valence-corrected chi connectivity index (χ4v) is 2.85. The van der Waals surface area contributed by atoms with E-state index in [0.717, 1.165) is 11.0 Å². The van der Waals surface area contributed by atoms with Gasteiger partial charge in [-0.15, -0.1) is 0 Å². The maximum atomic E-state index is 13.8. The molecule has 1 N–H and O–H groups in total. The van der Waals surface area contributed by atoms with E-state index in [-0.39, 0.29) is 23.6 Å². The average Bonchev–Trinajstić information content (AvgIpc) is 3.24. The van der Waals surface area contributed by atoms with Gasteiger partial charge in [0, 0.05) is 5.92 Å². The molecule has 2 atom stereocenters. The zero-order valence-corrected chi connectivity index (χ0v) is 11.7. The van der Waals surface area contributed by atoms with Crippen molar-refractivity contribution in [3.05, 3.63) is 66.2 Å². The van der Waals surface area contributed by atoms with E-state index in [9.17, 15) is 9.18 Å². The second kappa shape index (κ2) is 4.94. The number of carbonyl (C=O) groups excluding carboxylic acids is 1. The van der Waals surface area contributed by atoms with E-state index in [1.807, 2.05) is 24.3 Å². The summed E-state index contributed by atoms with van der Waals surface area (Å²) in [4.78, 5) is 16.6. The van der Waals surface area contributed by atoms with Gasteiger partial charge in [-0.3, -0.25) is 10.2 Å². The minimum atomic E-state index is -0.240. The number of para-hydroxylation sites is 2. The number of nitrogens with zero attached hydrogens (tertiary/aromatic N) is 2. The van der Waals surface area contributed by atoms with Gasteiger partial charge in [-0.25, -0.2) is 14.1 Å². The van der Waals surface area contributed by atoms with Crippen LogP contribution in [0.5, 0.6) is 0 Å². The van der Waals surface area contributed by atoms with Crippen LogP contribution in [0.2, 0.25) is 0 Å². The molecule has 1 fully saturated rings. The Kier molecular flexibility index (Phi) is 2.92. The van der Waals surface area contributed by atoms with Crippen molar-refractivity contribution >= 4 is 16.9 Å². The minimum absolute atomic E-state index is 0.0315. The van der Waals surface area contributed by atoms with Crippen LogP contribution in [0.15, 0.2) is 54.9 Å². The molecule has 5 heteroatoms. The zero-order valence-electron chi connectivity index (χ0n) is 11.7. The predicted molar refractivity (Wildman–Crippen MR) is 81.3 cm³/mol. The summed E-state index contributed by atoms with van der Waals surface area (Å²) in [5, 5.41) is 0. The molecule has 3 aromatic rings. The van der Waals surface area contributed by atoms with E-state index in [1.54, 1.807) is 29.2 Å². The molecule has 4 nitrogen and oxygen atoms in total. The molecule has 22 heavy (non-hydrogen) atoms. The molecule has 1 aromatic heterocycles. The normalized spacial score (nSPS) is 20.0. The maximum Gasteiger partial charge on any atom is 0.242 e. The Morgan fingerprint density at radius 3 is 2.82 bits per heavy atom. The van der Waals surface area contributed by atoms with Gasteiger partial charge >= 0.3 is 0 Å². The summed E-state index contributed by atoms with van der Waals surface area (Å²) in [5.41, 5.74) is 5.13. The number of hydrogen-bond donors (Lipinski definition) is 1. The van der Waals surface area contributed by atoms with Crippen LogP contribution in [-0.4, -0.2) is 15.6 Å². The Hall–Kier alpha value is -2.69. The van der Waals surface area contributed by atoms with Crippen LogP contribution < -0.4 is 5.43 Å². The van der Waals surface area contributed by atoms with Gasteiger partial charge in [0.05, 0.1) is 11.0 Å². The molecule has 0 saturated heterocycles. The smallest absolute Gasteiger partial charge is 0.242 e. The number of carbonyl (C=O) groups is 1. The summed E-state index contributed by atoms with van der Waals surface area (Å²) in [6, 6.07) is 14.2. The molecular weight excluding hydrogens is 281 g/mol. The van der Waals surface area contributed by atoms with Gasteiger partial charge in [-0.2, -0.15) is 0 Å². The van der Waals surface area contributed by atoms with Crippen LogP contribution in [0.4, 0.5) is 4.39 Å². The van der Waals surface area contributed by atoms with Gasteiger partial charge in [0.2, 0.25) is 5.91 Å². The van der Waals surface area contributed by atoms with Crippen molar-refractivity contribution in [3.8, 4) is 0 Å². The van der Waals surface area contributed by atoms with Crippen molar-refractivity contribution in [3.63, 3.8) is 0 Å². The highest BCUT2D eigenvalue weighted by atomic mass is 19.1. The van der Waals surface area contributed by atoms with E-state index in [4.69, 9.17) is 0 Å². The van der Waals surface area contributed by atoms with Crippen molar-refractivity contribution in [2.45, 2.75) is 12.3 Å². The van der Waals surface area contributed by atoms with Gasteiger partial charge in [-0.1, -0.05) is 30.3 Å².